The molecule has 3 aromatic rings. The third kappa shape index (κ3) is 4.53. The van der Waals surface area contributed by atoms with E-state index in [0.29, 0.717) is 35.9 Å². The number of aromatic nitrogens is 1. The number of nitro groups is 1. The molecule has 1 aliphatic heterocycles. The number of fused-ring (bicyclic) bond motifs is 1. The zero-order valence-corrected chi connectivity index (χ0v) is 16.5. The lowest BCUT2D eigenvalue weighted by molar-refractivity contribution is -0.384. The average molecular weight is 427 g/mol. The minimum Gasteiger partial charge on any atom is -0.472 e. The van der Waals surface area contributed by atoms with E-state index in [-0.39, 0.29) is 24.0 Å². The van der Waals surface area contributed by atoms with Gasteiger partial charge < -0.3 is 9.73 Å². The molecule has 0 atom stereocenters. The number of thiazole rings is 1. The van der Waals surface area contributed by atoms with Crippen molar-refractivity contribution in [3.63, 3.8) is 0 Å². The maximum atomic E-state index is 12.4. The first kappa shape index (κ1) is 19.7. The normalized spacial score (nSPS) is 13.5. The minimum absolute atomic E-state index is 0.0786. The summed E-state index contributed by atoms with van der Waals surface area (Å²) < 4.78 is 4.91. The number of hydrogen-bond donors (Lipinski definition) is 2. The number of carbonyl (C=O) groups is 2. The number of hydrogen-bond acceptors (Lipinski definition) is 8. The average Bonchev–Trinajstić information content (AvgIpc) is 3.37. The first-order valence-electron chi connectivity index (χ1n) is 9.07. The van der Waals surface area contributed by atoms with E-state index in [0.717, 1.165) is 10.6 Å². The summed E-state index contributed by atoms with van der Waals surface area (Å²) in [7, 11) is 0. The SMILES string of the molecule is O=C(CN1CCc2nc(NC(=O)c3ccoc3)sc2C1)Nc1cccc([N+](=O)[O-])c1. The highest BCUT2D eigenvalue weighted by atomic mass is 32.1. The minimum atomic E-state index is -0.505. The second-order valence-corrected chi connectivity index (χ2v) is 7.75. The van der Waals surface area contributed by atoms with Crippen LogP contribution < -0.4 is 10.6 Å². The molecule has 0 aliphatic carbocycles. The molecule has 1 aliphatic rings. The van der Waals surface area contributed by atoms with Crippen molar-refractivity contribution >= 4 is 39.7 Å². The summed E-state index contributed by atoms with van der Waals surface area (Å²) in [6.07, 6.45) is 3.46. The van der Waals surface area contributed by atoms with Gasteiger partial charge >= 0.3 is 0 Å². The molecule has 1 aromatic carbocycles. The molecular formula is C19H17N5O5S. The van der Waals surface area contributed by atoms with Gasteiger partial charge in [-0.2, -0.15) is 0 Å². The number of nitro benzene ring substituents is 1. The molecule has 2 aromatic heterocycles. The summed E-state index contributed by atoms with van der Waals surface area (Å²) >= 11 is 1.38. The van der Waals surface area contributed by atoms with Crippen molar-refractivity contribution in [3.8, 4) is 0 Å². The molecule has 30 heavy (non-hydrogen) atoms. The van der Waals surface area contributed by atoms with Gasteiger partial charge in [-0.1, -0.05) is 6.07 Å². The van der Waals surface area contributed by atoms with Crippen LogP contribution in [0.4, 0.5) is 16.5 Å². The molecule has 3 heterocycles. The van der Waals surface area contributed by atoms with Crippen LogP contribution in [0.3, 0.4) is 0 Å². The lowest BCUT2D eigenvalue weighted by Gasteiger charge is -2.25. The van der Waals surface area contributed by atoms with Crippen LogP contribution in [-0.2, 0) is 17.8 Å². The third-order valence-electron chi connectivity index (χ3n) is 4.52. The van der Waals surface area contributed by atoms with E-state index in [2.05, 4.69) is 15.6 Å². The Labute approximate surface area is 174 Å². The molecule has 0 radical (unpaired) electrons. The van der Waals surface area contributed by atoms with Crippen LogP contribution in [0.25, 0.3) is 0 Å². The van der Waals surface area contributed by atoms with Gasteiger partial charge in [0.15, 0.2) is 5.13 Å². The Balaban J connectivity index is 1.34. The number of nitrogens with zero attached hydrogens (tertiary/aromatic N) is 3. The highest BCUT2D eigenvalue weighted by molar-refractivity contribution is 7.15. The number of amides is 2. The van der Waals surface area contributed by atoms with E-state index in [1.165, 1.54) is 42.1 Å². The van der Waals surface area contributed by atoms with Crippen LogP contribution >= 0.6 is 11.3 Å². The van der Waals surface area contributed by atoms with Crippen LogP contribution in [0.15, 0.2) is 47.3 Å². The van der Waals surface area contributed by atoms with Gasteiger partial charge in [0, 0.05) is 42.2 Å². The van der Waals surface area contributed by atoms with E-state index < -0.39 is 4.92 Å². The number of carbonyl (C=O) groups excluding carboxylic acids is 2. The summed E-state index contributed by atoms with van der Waals surface area (Å²) in [6.45, 7) is 1.34. The van der Waals surface area contributed by atoms with Gasteiger partial charge in [0.2, 0.25) is 5.91 Å². The molecule has 0 fully saturated rings. The molecule has 0 bridgehead atoms. The first-order valence-corrected chi connectivity index (χ1v) is 9.88. The van der Waals surface area contributed by atoms with Crippen molar-refractivity contribution in [2.75, 3.05) is 23.7 Å². The lowest BCUT2D eigenvalue weighted by Crippen LogP contribution is -2.36. The van der Waals surface area contributed by atoms with Gasteiger partial charge in [-0.15, -0.1) is 11.3 Å². The number of benzene rings is 1. The zero-order chi connectivity index (χ0) is 21.1. The fourth-order valence-corrected chi connectivity index (χ4v) is 4.15. The molecule has 2 amide bonds. The van der Waals surface area contributed by atoms with Crippen molar-refractivity contribution in [2.45, 2.75) is 13.0 Å². The molecule has 10 nitrogen and oxygen atoms in total. The van der Waals surface area contributed by atoms with Gasteiger partial charge in [0.05, 0.1) is 29.0 Å². The third-order valence-corrected chi connectivity index (χ3v) is 5.52. The zero-order valence-electron chi connectivity index (χ0n) is 15.7. The van der Waals surface area contributed by atoms with Crippen molar-refractivity contribution < 1.29 is 18.9 Å². The van der Waals surface area contributed by atoms with E-state index in [9.17, 15) is 19.7 Å². The molecule has 4 rings (SSSR count). The van der Waals surface area contributed by atoms with E-state index in [4.69, 9.17) is 4.42 Å². The number of furan rings is 1. The Morgan fingerprint density at radius 2 is 2.17 bits per heavy atom. The predicted octanol–water partition coefficient (Wildman–Crippen LogP) is 2.89. The molecule has 154 valence electrons. The predicted molar refractivity (Wildman–Crippen MR) is 109 cm³/mol. The highest BCUT2D eigenvalue weighted by Crippen LogP contribution is 2.28. The summed E-state index contributed by atoms with van der Waals surface area (Å²) in [5, 5.41) is 16.8. The van der Waals surface area contributed by atoms with Gasteiger partial charge in [-0.05, 0) is 12.1 Å². The molecule has 2 N–H and O–H groups in total. The summed E-state index contributed by atoms with van der Waals surface area (Å²) in [5.74, 6) is -0.542. The Kier molecular flexibility index (Phi) is 5.55. The van der Waals surface area contributed by atoms with Crippen molar-refractivity contribution in [1.29, 1.82) is 0 Å². The van der Waals surface area contributed by atoms with Gasteiger partial charge in [-0.25, -0.2) is 4.98 Å². The van der Waals surface area contributed by atoms with Gasteiger partial charge in [0.25, 0.3) is 11.6 Å². The van der Waals surface area contributed by atoms with Crippen LogP contribution in [0.5, 0.6) is 0 Å². The number of nitrogens with one attached hydrogen (secondary N) is 2. The maximum Gasteiger partial charge on any atom is 0.271 e. The fraction of sp³-hybridized carbons (Fsp3) is 0.211. The number of non-ortho nitro benzene ring substituents is 1. The lowest BCUT2D eigenvalue weighted by atomic mass is 10.2. The monoisotopic (exact) mass is 427 g/mol. The van der Waals surface area contributed by atoms with Crippen LogP contribution in [0.2, 0.25) is 0 Å². The Morgan fingerprint density at radius 1 is 1.30 bits per heavy atom. The smallest absolute Gasteiger partial charge is 0.271 e. The van der Waals surface area contributed by atoms with Gasteiger partial charge in [-0.3, -0.25) is 29.9 Å². The standard InChI is InChI=1S/C19H17N5O5S/c25-17(20-13-2-1-3-14(8-13)24(27)28)10-23-6-4-15-16(9-23)30-19(21-15)22-18(26)12-5-7-29-11-12/h1-3,5,7-8,11H,4,6,9-10H2,(H,20,25)(H,21,22,26). The second kappa shape index (κ2) is 8.43. The van der Waals surface area contributed by atoms with E-state index >= 15 is 0 Å². The van der Waals surface area contributed by atoms with E-state index in [1.54, 1.807) is 12.1 Å². The molecule has 0 unspecified atom stereocenters. The summed E-state index contributed by atoms with van der Waals surface area (Å²) in [4.78, 5) is 42.3. The summed E-state index contributed by atoms with van der Waals surface area (Å²) in [6, 6.07) is 7.40. The Morgan fingerprint density at radius 3 is 2.93 bits per heavy atom. The Hall–Kier alpha value is -3.57. The van der Waals surface area contributed by atoms with E-state index in [1.807, 2.05) is 4.90 Å². The van der Waals surface area contributed by atoms with Crippen molar-refractivity contribution in [1.82, 2.24) is 9.88 Å². The molecule has 0 saturated heterocycles. The number of anilines is 2. The molecular weight excluding hydrogens is 410 g/mol. The largest absolute Gasteiger partial charge is 0.472 e. The van der Waals surface area contributed by atoms with Crippen molar-refractivity contribution in [3.05, 3.63) is 69.1 Å². The fourth-order valence-electron chi connectivity index (χ4n) is 3.10. The van der Waals surface area contributed by atoms with Gasteiger partial charge in [0.1, 0.15) is 6.26 Å². The second-order valence-electron chi connectivity index (χ2n) is 6.67. The molecule has 11 heteroatoms. The van der Waals surface area contributed by atoms with Crippen molar-refractivity contribution in [2.24, 2.45) is 0 Å². The topological polar surface area (TPSA) is 131 Å². The number of rotatable bonds is 6. The molecule has 0 saturated carbocycles. The van der Waals surface area contributed by atoms with Crippen LogP contribution in [0.1, 0.15) is 20.9 Å². The molecule has 0 spiro atoms. The maximum absolute atomic E-state index is 12.4. The van der Waals surface area contributed by atoms with Crippen LogP contribution in [-0.4, -0.2) is 39.7 Å². The Bertz CT molecular complexity index is 1090. The van der Waals surface area contributed by atoms with Crippen LogP contribution in [0, 0.1) is 10.1 Å². The quantitative estimate of drug-likeness (QED) is 0.457. The summed E-state index contributed by atoms with van der Waals surface area (Å²) in [5.41, 5.74) is 1.64. The highest BCUT2D eigenvalue weighted by Gasteiger charge is 2.23. The first-order chi connectivity index (χ1) is 14.5.